The second kappa shape index (κ2) is 5.99. The number of nitriles is 1. The molecule has 0 aliphatic carbocycles. The van der Waals surface area contributed by atoms with E-state index in [1.54, 1.807) is 13.3 Å². The van der Waals surface area contributed by atoms with E-state index in [-0.39, 0.29) is 0 Å². The summed E-state index contributed by atoms with van der Waals surface area (Å²) in [5, 5.41) is 8.87. The van der Waals surface area contributed by atoms with Crippen LogP contribution in [-0.4, -0.2) is 23.3 Å². The van der Waals surface area contributed by atoms with Crippen molar-refractivity contribution in [3.63, 3.8) is 0 Å². The van der Waals surface area contributed by atoms with Gasteiger partial charge in [0.05, 0.1) is 18.2 Å². The second-order valence-corrected chi connectivity index (χ2v) is 4.03. The average molecular weight is 241 g/mol. The van der Waals surface area contributed by atoms with Gasteiger partial charge in [-0.05, 0) is 17.7 Å². The predicted molar refractivity (Wildman–Crippen MR) is 68.1 cm³/mol. The maximum absolute atomic E-state index is 8.87. The van der Waals surface area contributed by atoms with E-state index in [1.807, 2.05) is 30.5 Å². The Morgan fingerprint density at radius 1 is 1.44 bits per heavy atom. The van der Waals surface area contributed by atoms with Crippen LogP contribution < -0.4 is 0 Å². The van der Waals surface area contributed by atoms with Crippen molar-refractivity contribution in [2.45, 2.75) is 13.0 Å². The van der Waals surface area contributed by atoms with E-state index in [1.165, 1.54) is 0 Å². The maximum Gasteiger partial charge on any atom is 0.111 e. The van der Waals surface area contributed by atoms with Crippen molar-refractivity contribution < 1.29 is 4.74 Å². The molecule has 0 bridgehead atoms. The van der Waals surface area contributed by atoms with E-state index < -0.39 is 0 Å². The number of nitrogens with zero attached hydrogens (tertiary/aromatic N) is 3. The third-order valence-corrected chi connectivity index (χ3v) is 2.74. The fourth-order valence-electron chi connectivity index (χ4n) is 1.84. The minimum atomic E-state index is 0.662. The Kier molecular flexibility index (Phi) is 4.11. The number of imidazole rings is 1. The lowest BCUT2D eigenvalue weighted by molar-refractivity contribution is 0.199. The maximum atomic E-state index is 8.87. The molecule has 0 amide bonds. The lowest BCUT2D eigenvalue weighted by Gasteiger charge is -2.07. The van der Waals surface area contributed by atoms with Crippen LogP contribution in [0, 0.1) is 11.3 Å². The minimum Gasteiger partial charge on any atom is -0.384 e. The highest BCUT2D eigenvalue weighted by Crippen LogP contribution is 2.08. The molecule has 0 unspecified atom stereocenters. The summed E-state index contributed by atoms with van der Waals surface area (Å²) in [6.45, 7) is 1.39. The van der Waals surface area contributed by atoms with Crippen LogP contribution in [0.25, 0.3) is 0 Å². The molecule has 4 nitrogen and oxygen atoms in total. The van der Waals surface area contributed by atoms with Crippen LogP contribution in [0.1, 0.15) is 17.0 Å². The first-order valence-corrected chi connectivity index (χ1v) is 5.81. The summed E-state index contributed by atoms with van der Waals surface area (Å²) in [6.07, 6.45) is 4.53. The summed E-state index contributed by atoms with van der Waals surface area (Å²) in [4.78, 5) is 4.31. The number of hydrogen-bond acceptors (Lipinski definition) is 3. The van der Waals surface area contributed by atoms with Crippen molar-refractivity contribution in [2.75, 3.05) is 13.7 Å². The molecule has 0 atom stereocenters. The Bertz CT molecular complexity index is 554. The molecule has 0 saturated heterocycles. The molecule has 0 fully saturated rings. The topological polar surface area (TPSA) is 50.8 Å². The summed E-state index contributed by atoms with van der Waals surface area (Å²) >= 11 is 0. The van der Waals surface area contributed by atoms with Crippen LogP contribution in [0.2, 0.25) is 0 Å². The van der Waals surface area contributed by atoms with E-state index in [0.717, 1.165) is 24.4 Å². The van der Waals surface area contributed by atoms with Crippen molar-refractivity contribution in [2.24, 2.45) is 0 Å². The van der Waals surface area contributed by atoms with E-state index in [0.29, 0.717) is 12.2 Å². The van der Waals surface area contributed by atoms with E-state index in [9.17, 15) is 0 Å². The zero-order valence-corrected chi connectivity index (χ0v) is 10.3. The van der Waals surface area contributed by atoms with E-state index in [2.05, 4.69) is 15.6 Å². The second-order valence-electron chi connectivity index (χ2n) is 4.03. The average Bonchev–Trinajstić information content (AvgIpc) is 2.84. The Morgan fingerprint density at radius 3 is 3.11 bits per heavy atom. The number of rotatable bonds is 5. The van der Waals surface area contributed by atoms with Crippen LogP contribution >= 0.6 is 0 Å². The molecule has 0 radical (unpaired) electrons. The quantitative estimate of drug-likeness (QED) is 0.804. The molecule has 0 saturated carbocycles. The van der Waals surface area contributed by atoms with Gasteiger partial charge in [0.1, 0.15) is 5.82 Å². The normalized spacial score (nSPS) is 10.2. The van der Waals surface area contributed by atoms with Gasteiger partial charge in [-0.2, -0.15) is 5.26 Å². The third kappa shape index (κ3) is 2.96. The molecule has 0 aliphatic heterocycles. The van der Waals surface area contributed by atoms with Crippen molar-refractivity contribution in [1.82, 2.24) is 9.55 Å². The molecule has 1 heterocycles. The molecule has 92 valence electrons. The summed E-state index contributed by atoms with van der Waals surface area (Å²) in [5.74, 6) is 0.999. The largest absolute Gasteiger partial charge is 0.384 e. The molecule has 0 aliphatic rings. The fraction of sp³-hybridized carbons (Fsp3) is 0.286. The SMILES string of the molecule is COCCc1nccn1Cc1cccc(C#N)c1. The van der Waals surface area contributed by atoms with Crippen molar-refractivity contribution in [3.05, 3.63) is 53.6 Å². The number of hydrogen-bond donors (Lipinski definition) is 0. The number of aromatic nitrogens is 2. The van der Waals surface area contributed by atoms with Gasteiger partial charge in [-0.3, -0.25) is 0 Å². The van der Waals surface area contributed by atoms with Gasteiger partial charge < -0.3 is 9.30 Å². The van der Waals surface area contributed by atoms with Gasteiger partial charge in [-0.15, -0.1) is 0 Å². The Hall–Kier alpha value is -2.12. The molecule has 4 heteroatoms. The number of methoxy groups -OCH3 is 1. The molecule has 0 N–H and O–H groups in total. The zero-order chi connectivity index (χ0) is 12.8. The molecule has 1 aromatic carbocycles. The minimum absolute atomic E-state index is 0.662. The number of ether oxygens (including phenoxy) is 1. The summed E-state index contributed by atoms with van der Waals surface area (Å²) in [6, 6.07) is 9.78. The van der Waals surface area contributed by atoms with Crippen LogP contribution in [-0.2, 0) is 17.7 Å². The molecule has 18 heavy (non-hydrogen) atoms. The lowest BCUT2D eigenvalue weighted by Crippen LogP contribution is -2.07. The van der Waals surface area contributed by atoms with Gasteiger partial charge in [0.2, 0.25) is 0 Å². The van der Waals surface area contributed by atoms with Crippen LogP contribution in [0.3, 0.4) is 0 Å². The molecule has 2 aromatic rings. The van der Waals surface area contributed by atoms with Gasteiger partial charge >= 0.3 is 0 Å². The van der Waals surface area contributed by atoms with Gasteiger partial charge in [0.25, 0.3) is 0 Å². The third-order valence-electron chi connectivity index (χ3n) is 2.74. The Labute approximate surface area is 106 Å². The molecular formula is C14H15N3O. The van der Waals surface area contributed by atoms with E-state index >= 15 is 0 Å². The smallest absolute Gasteiger partial charge is 0.111 e. The summed E-state index contributed by atoms with van der Waals surface area (Å²) in [5.41, 5.74) is 1.79. The van der Waals surface area contributed by atoms with Crippen molar-refractivity contribution in [1.29, 1.82) is 5.26 Å². The van der Waals surface area contributed by atoms with Crippen LogP contribution in [0.4, 0.5) is 0 Å². The van der Waals surface area contributed by atoms with Gasteiger partial charge in [-0.1, -0.05) is 12.1 Å². The zero-order valence-electron chi connectivity index (χ0n) is 10.3. The molecule has 0 spiro atoms. The number of benzene rings is 1. The van der Waals surface area contributed by atoms with E-state index in [4.69, 9.17) is 10.00 Å². The highest BCUT2D eigenvalue weighted by molar-refractivity contribution is 5.32. The standard InChI is InChI=1S/C14H15N3O/c1-18-8-5-14-16-6-7-17(14)11-13-4-2-3-12(9-13)10-15/h2-4,6-7,9H,5,8,11H2,1H3. The fourth-order valence-corrected chi connectivity index (χ4v) is 1.84. The van der Waals surface area contributed by atoms with Crippen LogP contribution in [0.5, 0.6) is 0 Å². The first-order chi connectivity index (χ1) is 8.83. The van der Waals surface area contributed by atoms with Crippen molar-refractivity contribution in [3.8, 4) is 6.07 Å². The molecule has 2 rings (SSSR count). The highest BCUT2D eigenvalue weighted by Gasteiger charge is 2.03. The highest BCUT2D eigenvalue weighted by atomic mass is 16.5. The summed E-state index contributed by atoms with van der Waals surface area (Å²) < 4.78 is 7.14. The van der Waals surface area contributed by atoms with Gasteiger partial charge in [-0.25, -0.2) is 4.98 Å². The van der Waals surface area contributed by atoms with Crippen molar-refractivity contribution >= 4 is 0 Å². The monoisotopic (exact) mass is 241 g/mol. The summed E-state index contributed by atoms with van der Waals surface area (Å²) in [7, 11) is 1.68. The van der Waals surface area contributed by atoms with Crippen LogP contribution in [0.15, 0.2) is 36.7 Å². The Balaban J connectivity index is 2.13. The lowest BCUT2D eigenvalue weighted by atomic mass is 10.1. The van der Waals surface area contributed by atoms with Gasteiger partial charge in [0.15, 0.2) is 0 Å². The predicted octanol–water partition coefficient (Wildman–Crippen LogP) is 1.99. The Morgan fingerprint density at radius 2 is 2.33 bits per heavy atom. The first kappa shape index (κ1) is 12.3. The molecular weight excluding hydrogens is 226 g/mol. The van der Waals surface area contributed by atoms with Gasteiger partial charge in [0, 0.05) is 32.5 Å². The molecule has 1 aromatic heterocycles. The first-order valence-electron chi connectivity index (χ1n) is 5.81.